The zero-order valence-corrected chi connectivity index (χ0v) is 19.4. The molecular formula is C25H40O6. The number of hydrogen-bond donors (Lipinski definition) is 0. The highest BCUT2D eigenvalue weighted by molar-refractivity contribution is 5.13. The third-order valence-corrected chi connectivity index (χ3v) is 5.81. The van der Waals surface area contributed by atoms with Crippen molar-refractivity contribution in [2.24, 2.45) is 0 Å². The first-order valence-electron chi connectivity index (χ1n) is 12.0. The molecular weight excluding hydrogens is 396 g/mol. The zero-order valence-electron chi connectivity index (χ0n) is 19.4. The maximum atomic E-state index is 6.39. The van der Waals surface area contributed by atoms with Gasteiger partial charge in [0, 0.05) is 13.2 Å². The summed E-state index contributed by atoms with van der Waals surface area (Å²) in [6.45, 7) is 8.57. The molecule has 6 nitrogen and oxygen atoms in total. The van der Waals surface area contributed by atoms with Crippen molar-refractivity contribution in [1.82, 2.24) is 0 Å². The van der Waals surface area contributed by atoms with Crippen molar-refractivity contribution in [2.45, 2.75) is 103 Å². The molecule has 0 aromatic heterocycles. The van der Waals surface area contributed by atoms with E-state index in [4.69, 9.17) is 28.4 Å². The molecule has 31 heavy (non-hydrogen) atoms. The van der Waals surface area contributed by atoms with Crippen molar-refractivity contribution in [3.8, 4) is 0 Å². The van der Waals surface area contributed by atoms with Crippen molar-refractivity contribution in [1.29, 1.82) is 0 Å². The van der Waals surface area contributed by atoms with Crippen molar-refractivity contribution in [3.05, 3.63) is 35.9 Å². The van der Waals surface area contributed by atoms with Gasteiger partial charge in [-0.25, -0.2) is 0 Å². The third-order valence-electron chi connectivity index (χ3n) is 5.81. The van der Waals surface area contributed by atoms with Gasteiger partial charge in [-0.15, -0.1) is 0 Å². The summed E-state index contributed by atoms with van der Waals surface area (Å²) in [4.78, 5) is 0. The van der Waals surface area contributed by atoms with Crippen LogP contribution in [0.25, 0.3) is 0 Å². The van der Waals surface area contributed by atoms with Gasteiger partial charge in [-0.1, -0.05) is 69.9 Å². The minimum atomic E-state index is -0.528. The van der Waals surface area contributed by atoms with E-state index in [2.05, 4.69) is 26.0 Å². The summed E-state index contributed by atoms with van der Waals surface area (Å²) in [5.74, 6) is 0. The van der Waals surface area contributed by atoms with Crippen LogP contribution in [0.1, 0.15) is 64.9 Å². The van der Waals surface area contributed by atoms with Crippen LogP contribution in [-0.2, 0) is 35.0 Å². The average Bonchev–Trinajstić information content (AvgIpc) is 2.79. The molecule has 1 aromatic rings. The predicted octanol–water partition coefficient (Wildman–Crippen LogP) is 4.84. The second-order valence-electron chi connectivity index (χ2n) is 8.43. The van der Waals surface area contributed by atoms with Crippen LogP contribution in [-0.4, -0.2) is 56.8 Å². The number of hydrogen-bond acceptors (Lipinski definition) is 6. The van der Waals surface area contributed by atoms with Crippen LogP contribution in [0.15, 0.2) is 30.3 Å². The molecule has 2 heterocycles. The Morgan fingerprint density at radius 1 is 0.839 bits per heavy atom. The van der Waals surface area contributed by atoms with E-state index in [-0.39, 0.29) is 30.7 Å². The number of unbranched alkanes of at least 4 members (excludes halogenated alkanes) is 4. The molecule has 1 aromatic carbocycles. The molecule has 0 saturated carbocycles. The Morgan fingerprint density at radius 2 is 1.52 bits per heavy atom. The molecule has 1 unspecified atom stereocenters. The molecule has 0 aliphatic carbocycles. The third kappa shape index (κ3) is 7.52. The topological polar surface area (TPSA) is 55.4 Å². The summed E-state index contributed by atoms with van der Waals surface area (Å²) in [5, 5.41) is 0. The summed E-state index contributed by atoms with van der Waals surface area (Å²) in [6, 6.07) is 10.1. The molecule has 0 amide bonds. The largest absolute Gasteiger partial charge is 0.372 e. The van der Waals surface area contributed by atoms with Gasteiger partial charge in [-0.05, 0) is 25.3 Å². The number of rotatable bonds is 13. The summed E-state index contributed by atoms with van der Waals surface area (Å²) in [5.41, 5.74) is 1.10. The van der Waals surface area contributed by atoms with E-state index in [1.54, 1.807) is 0 Å². The van der Waals surface area contributed by atoms with E-state index in [1.165, 1.54) is 0 Å². The minimum Gasteiger partial charge on any atom is -0.372 e. The van der Waals surface area contributed by atoms with Gasteiger partial charge in [-0.2, -0.15) is 0 Å². The number of benzene rings is 1. The zero-order chi connectivity index (χ0) is 21.9. The van der Waals surface area contributed by atoms with Gasteiger partial charge in [0.2, 0.25) is 0 Å². The fourth-order valence-corrected chi connectivity index (χ4v) is 4.06. The molecule has 2 saturated heterocycles. The average molecular weight is 437 g/mol. The monoisotopic (exact) mass is 436 g/mol. The Bertz CT molecular complexity index is 597. The van der Waals surface area contributed by atoms with Crippen molar-refractivity contribution in [2.75, 3.05) is 19.8 Å². The maximum absolute atomic E-state index is 6.39. The van der Waals surface area contributed by atoms with Crippen LogP contribution in [0.2, 0.25) is 0 Å². The molecule has 6 atom stereocenters. The van der Waals surface area contributed by atoms with Gasteiger partial charge in [0.05, 0.1) is 13.2 Å². The highest BCUT2D eigenvalue weighted by Crippen LogP contribution is 2.33. The smallest absolute Gasteiger partial charge is 0.187 e. The molecule has 0 N–H and O–H groups in total. The SMILES string of the molecule is CCCCCO[C@@H]1[C@@H](OCCCCC)[C@H](OCc2ccccc2)O[C@@H]2COC(C)O[C@@H]12. The van der Waals surface area contributed by atoms with Crippen molar-refractivity contribution in [3.63, 3.8) is 0 Å². The molecule has 176 valence electrons. The van der Waals surface area contributed by atoms with Crippen molar-refractivity contribution >= 4 is 0 Å². The van der Waals surface area contributed by atoms with Gasteiger partial charge in [0.15, 0.2) is 12.6 Å². The lowest BCUT2D eigenvalue weighted by Gasteiger charge is -2.48. The Balaban J connectivity index is 1.71. The first-order chi connectivity index (χ1) is 15.2. The van der Waals surface area contributed by atoms with E-state index in [0.717, 1.165) is 44.1 Å². The van der Waals surface area contributed by atoms with Gasteiger partial charge in [0.1, 0.15) is 24.4 Å². The standard InChI is InChI=1S/C25H40O6/c1-4-6-11-15-26-23-22-21(18-28-19(3)30-22)31-25(24(23)27-16-12-7-5-2)29-17-20-13-9-8-10-14-20/h8-10,13-14,19,21-25H,4-7,11-12,15-18H2,1-3H3/t19?,21-,22-,23+,24-,25-/m1/s1. The molecule has 0 radical (unpaired) electrons. The second kappa shape index (κ2) is 13.5. The van der Waals surface area contributed by atoms with Crippen LogP contribution >= 0.6 is 0 Å². The molecule has 2 aliphatic heterocycles. The predicted molar refractivity (Wildman–Crippen MR) is 119 cm³/mol. The van der Waals surface area contributed by atoms with Gasteiger partial charge >= 0.3 is 0 Å². The van der Waals surface area contributed by atoms with Crippen LogP contribution in [0.3, 0.4) is 0 Å². The minimum absolute atomic E-state index is 0.224. The lowest BCUT2D eigenvalue weighted by molar-refractivity contribution is -0.367. The molecule has 6 heteroatoms. The van der Waals surface area contributed by atoms with Crippen LogP contribution < -0.4 is 0 Å². The van der Waals surface area contributed by atoms with Crippen LogP contribution in [0, 0.1) is 0 Å². The van der Waals surface area contributed by atoms with Gasteiger partial charge in [0.25, 0.3) is 0 Å². The summed E-state index contributed by atoms with van der Waals surface area (Å²) in [7, 11) is 0. The van der Waals surface area contributed by atoms with E-state index in [1.807, 2.05) is 25.1 Å². The molecule has 3 rings (SSSR count). The van der Waals surface area contributed by atoms with Crippen molar-refractivity contribution < 1.29 is 28.4 Å². The molecule has 0 spiro atoms. The number of fused-ring (bicyclic) bond motifs is 1. The lowest BCUT2D eigenvalue weighted by Crippen LogP contribution is -2.64. The van der Waals surface area contributed by atoms with Gasteiger partial charge < -0.3 is 28.4 Å². The fraction of sp³-hybridized carbons (Fsp3) is 0.760. The lowest BCUT2D eigenvalue weighted by atomic mass is 9.97. The second-order valence-corrected chi connectivity index (χ2v) is 8.43. The molecule has 0 bridgehead atoms. The highest BCUT2D eigenvalue weighted by Gasteiger charge is 2.51. The Kier molecular flexibility index (Phi) is 10.7. The van der Waals surface area contributed by atoms with E-state index >= 15 is 0 Å². The van der Waals surface area contributed by atoms with Crippen LogP contribution in [0.5, 0.6) is 0 Å². The Labute approximate surface area is 187 Å². The van der Waals surface area contributed by atoms with E-state index in [9.17, 15) is 0 Å². The number of ether oxygens (including phenoxy) is 6. The normalized spacial score (nSPS) is 30.8. The Hall–Kier alpha value is -1.02. The summed E-state index contributed by atoms with van der Waals surface area (Å²) < 4.78 is 37.1. The molecule has 2 fully saturated rings. The van der Waals surface area contributed by atoms with E-state index in [0.29, 0.717) is 26.4 Å². The van der Waals surface area contributed by atoms with Crippen LogP contribution in [0.4, 0.5) is 0 Å². The quantitative estimate of drug-likeness (QED) is 0.413. The first kappa shape index (κ1) is 24.6. The summed E-state index contributed by atoms with van der Waals surface area (Å²) >= 11 is 0. The van der Waals surface area contributed by atoms with Gasteiger partial charge in [-0.3, -0.25) is 0 Å². The first-order valence-corrected chi connectivity index (χ1v) is 12.0. The fourth-order valence-electron chi connectivity index (χ4n) is 4.06. The Morgan fingerprint density at radius 3 is 2.19 bits per heavy atom. The maximum Gasteiger partial charge on any atom is 0.187 e. The molecule has 2 aliphatic rings. The highest BCUT2D eigenvalue weighted by atomic mass is 16.8. The summed E-state index contributed by atoms with van der Waals surface area (Å²) in [6.07, 6.45) is 4.77. The van der Waals surface area contributed by atoms with E-state index < -0.39 is 6.29 Å².